The summed E-state index contributed by atoms with van der Waals surface area (Å²) in [7, 11) is -2.53. The third-order valence-corrected chi connectivity index (χ3v) is 5.29. The van der Waals surface area contributed by atoms with Crippen molar-refractivity contribution in [1.82, 2.24) is 5.32 Å². The second-order valence-electron chi connectivity index (χ2n) is 5.95. The molecule has 0 atom stereocenters. The summed E-state index contributed by atoms with van der Waals surface area (Å²) in [5, 5.41) is 2.85. The van der Waals surface area contributed by atoms with Gasteiger partial charge in [-0.2, -0.15) is 0 Å². The van der Waals surface area contributed by atoms with Gasteiger partial charge in [0.25, 0.3) is 15.9 Å². The van der Waals surface area contributed by atoms with E-state index in [0.29, 0.717) is 16.8 Å². The Morgan fingerprint density at radius 1 is 0.962 bits per heavy atom. The second-order valence-corrected chi connectivity index (χ2v) is 7.63. The van der Waals surface area contributed by atoms with Crippen LogP contribution in [-0.2, 0) is 14.8 Å². The molecule has 2 aromatic rings. The van der Waals surface area contributed by atoms with Gasteiger partial charge < -0.3 is 10.1 Å². The lowest BCUT2D eigenvalue weighted by Crippen LogP contribution is -2.25. The molecule has 0 aliphatic heterocycles. The Labute approximate surface area is 151 Å². The van der Waals surface area contributed by atoms with Crippen molar-refractivity contribution in [1.29, 1.82) is 0 Å². The van der Waals surface area contributed by atoms with Gasteiger partial charge in [0.15, 0.2) is 0 Å². The molecule has 1 saturated carbocycles. The lowest BCUT2D eigenvalue weighted by Gasteiger charge is -2.09. The molecule has 1 fully saturated rings. The fourth-order valence-corrected chi connectivity index (χ4v) is 3.35. The summed E-state index contributed by atoms with van der Waals surface area (Å²) in [4.78, 5) is 23.4. The lowest BCUT2D eigenvalue weighted by molar-refractivity contribution is 0.0600. The standard InChI is InChI=1S/C18H18N2O5S/c1-25-18(22)13-2-6-15(7-3-13)20-26(23,24)16-10-4-12(5-11-16)17(21)19-14-8-9-14/h2-7,10-11,14,20H,8-9H2,1H3,(H,19,21). The van der Waals surface area contributed by atoms with Gasteiger partial charge in [-0.3, -0.25) is 9.52 Å². The molecular formula is C18H18N2O5S. The van der Waals surface area contributed by atoms with Crippen molar-refractivity contribution in [2.45, 2.75) is 23.8 Å². The van der Waals surface area contributed by atoms with Gasteiger partial charge in [-0.1, -0.05) is 0 Å². The topological polar surface area (TPSA) is 102 Å². The first-order valence-corrected chi connectivity index (χ1v) is 9.49. The first-order valence-electron chi connectivity index (χ1n) is 8.01. The molecule has 2 aromatic carbocycles. The van der Waals surface area contributed by atoms with Crippen LogP contribution < -0.4 is 10.0 Å². The SMILES string of the molecule is COC(=O)c1ccc(NS(=O)(=O)c2ccc(C(=O)NC3CC3)cc2)cc1. The second kappa shape index (κ2) is 7.17. The number of hydrogen-bond donors (Lipinski definition) is 2. The number of nitrogens with one attached hydrogen (secondary N) is 2. The largest absolute Gasteiger partial charge is 0.465 e. The number of carbonyl (C=O) groups excluding carboxylic acids is 2. The molecule has 1 aliphatic carbocycles. The first-order chi connectivity index (χ1) is 12.4. The highest BCUT2D eigenvalue weighted by atomic mass is 32.2. The molecule has 0 radical (unpaired) electrons. The highest BCUT2D eigenvalue weighted by molar-refractivity contribution is 7.92. The average molecular weight is 374 g/mol. The van der Waals surface area contributed by atoms with E-state index in [-0.39, 0.29) is 16.8 Å². The minimum Gasteiger partial charge on any atom is -0.465 e. The van der Waals surface area contributed by atoms with Crippen LogP contribution in [0.2, 0.25) is 0 Å². The normalized spacial score (nSPS) is 13.7. The van der Waals surface area contributed by atoms with Crippen LogP contribution in [-0.4, -0.2) is 33.4 Å². The van der Waals surface area contributed by atoms with E-state index in [4.69, 9.17) is 0 Å². The molecule has 3 rings (SSSR count). The number of amides is 1. The van der Waals surface area contributed by atoms with E-state index >= 15 is 0 Å². The Kier molecular flexibility index (Phi) is 4.94. The zero-order valence-corrected chi connectivity index (χ0v) is 14.9. The smallest absolute Gasteiger partial charge is 0.337 e. The number of carbonyl (C=O) groups is 2. The van der Waals surface area contributed by atoms with Gasteiger partial charge in [0, 0.05) is 17.3 Å². The number of esters is 1. The van der Waals surface area contributed by atoms with Crippen LogP contribution in [0.1, 0.15) is 33.6 Å². The van der Waals surface area contributed by atoms with Gasteiger partial charge in [-0.05, 0) is 61.4 Å². The van der Waals surface area contributed by atoms with Crippen LogP contribution in [0, 0.1) is 0 Å². The lowest BCUT2D eigenvalue weighted by atomic mass is 10.2. The number of methoxy groups -OCH3 is 1. The Bertz CT molecular complexity index is 917. The number of anilines is 1. The maximum atomic E-state index is 12.4. The predicted molar refractivity (Wildman–Crippen MR) is 95.5 cm³/mol. The van der Waals surface area contributed by atoms with Gasteiger partial charge in [0.05, 0.1) is 17.6 Å². The number of sulfonamides is 1. The summed E-state index contributed by atoms with van der Waals surface area (Å²) in [6.07, 6.45) is 1.97. The Morgan fingerprint density at radius 2 is 1.54 bits per heavy atom. The monoisotopic (exact) mass is 374 g/mol. The van der Waals surface area contributed by atoms with Crippen LogP contribution in [0.5, 0.6) is 0 Å². The molecule has 2 N–H and O–H groups in total. The van der Waals surface area contributed by atoms with E-state index in [1.807, 2.05) is 0 Å². The Morgan fingerprint density at radius 3 is 2.08 bits per heavy atom. The predicted octanol–water partition coefficient (Wildman–Crippen LogP) is 2.17. The zero-order valence-electron chi connectivity index (χ0n) is 14.1. The zero-order chi connectivity index (χ0) is 18.7. The van der Waals surface area contributed by atoms with Crippen molar-refractivity contribution in [2.24, 2.45) is 0 Å². The van der Waals surface area contributed by atoms with E-state index in [0.717, 1.165) is 12.8 Å². The minimum atomic E-state index is -3.80. The molecule has 1 amide bonds. The van der Waals surface area contributed by atoms with Gasteiger partial charge in [-0.15, -0.1) is 0 Å². The van der Waals surface area contributed by atoms with E-state index in [1.165, 1.54) is 55.6 Å². The summed E-state index contributed by atoms with van der Waals surface area (Å²) in [5.74, 6) is -0.706. The number of benzene rings is 2. The Hall–Kier alpha value is -2.87. The highest BCUT2D eigenvalue weighted by Gasteiger charge is 2.24. The van der Waals surface area contributed by atoms with Gasteiger partial charge in [0.2, 0.25) is 0 Å². The van der Waals surface area contributed by atoms with Gasteiger partial charge in [0.1, 0.15) is 0 Å². The summed E-state index contributed by atoms with van der Waals surface area (Å²) in [6, 6.07) is 11.8. The molecule has 0 aromatic heterocycles. The third kappa shape index (κ3) is 4.20. The molecule has 136 valence electrons. The maximum absolute atomic E-state index is 12.4. The maximum Gasteiger partial charge on any atom is 0.337 e. The van der Waals surface area contributed by atoms with Crippen LogP contribution >= 0.6 is 0 Å². The summed E-state index contributed by atoms with van der Waals surface area (Å²) >= 11 is 0. The minimum absolute atomic E-state index is 0.0394. The van der Waals surface area contributed by atoms with E-state index < -0.39 is 16.0 Å². The summed E-state index contributed by atoms with van der Waals surface area (Å²) in [6.45, 7) is 0. The van der Waals surface area contributed by atoms with Crippen LogP contribution in [0.4, 0.5) is 5.69 Å². The van der Waals surface area contributed by atoms with Crippen molar-refractivity contribution in [3.05, 3.63) is 59.7 Å². The quantitative estimate of drug-likeness (QED) is 0.755. The van der Waals surface area contributed by atoms with E-state index in [1.54, 1.807) is 0 Å². The first kappa shape index (κ1) is 17.9. The van der Waals surface area contributed by atoms with Gasteiger partial charge >= 0.3 is 5.97 Å². The molecular weight excluding hydrogens is 356 g/mol. The van der Waals surface area contributed by atoms with Crippen molar-refractivity contribution in [2.75, 3.05) is 11.8 Å². The molecule has 1 aliphatic rings. The molecule has 0 spiro atoms. The molecule has 0 saturated heterocycles. The number of hydrogen-bond acceptors (Lipinski definition) is 5. The van der Waals surface area contributed by atoms with Crippen molar-refractivity contribution in [3.63, 3.8) is 0 Å². The van der Waals surface area contributed by atoms with Crippen LogP contribution in [0.25, 0.3) is 0 Å². The fourth-order valence-electron chi connectivity index (χ4n) is 2.29. The Balaban J connectivity index is 1.71. The van der Waals surface area contributed by atoms with Crippen molar-refractivity contribution < 1.29 is 22.7 Å². The number of ether oxygens (including phenoxy) is 1. The molecule has 0 bridgehead atoms. The van der Waals surface area contributed by atoms with Crippen LogP contribution in [0.15, 0.2) is 53.4 Å². The molecule has 8 heteroatoms. The van der Waals surface area contributed by atoms with E-state index in [9.17, 15) is 18.0 Å². The number of rotatable bonds is 6. The van der Waals surface area contributed by atoms with Crippen molar-refractivity contribution >= 4 is 27.6 Å². The summed E-state index contributed by atoms with van der Waals surface area (Å²) in [5.41, 5.74) is 1.05. The molecule has 0 heterocycles. The van der Waals surface area contributed by atoms with Crippen LogP contribution in [0.3, 0.4) is 0 Å². The van der Waals surface area contributed by atoms with E-state index in [2.05, 4.69) is 14.8 Å². The summed E-state index contributed by atoms with van der Waals surface area (Å²) < 4.78 is 31.9. The average Bonchev–Trinajstić information content (AvgIpc) is 3.45. The van der Waals surface area contributed by atoms with Crippen molar-refractivity contribution in [3.8, 4) is 0 Å². The molecule has 26 heavy (non-hydrogen) atoms. The third-order valence-electron chi connectivity index (χ3n) is 3.90. The highest BCUT2D eigenvalue weighted by Crippen LogP contribution is 2.20. The molecule has 7 nitrogen and oxygen atoms in total. The fraction of sp³-hybridized carbons (Fsp3) is 0.222. The van der Waals surface area contributed by atoms with Gasteiger partial charge in [-0.25, -0.2) is 13.2 Å². The molecule has 0 unspecified atom stereocenters.